The second kappa shape index (κ2) is 7.40. The van der Waals surface area contributed by atoms with Crippen molar-refractivity contribution in [2.24, 2.45) is 0 Å². The quantitative estimate of drug-likeness (QED) is 0.710. The van der Waals surface area contributed by atoms with Crippen LogP contribution in [0.5, 0.6) is 0 Å². The Morgan fingerprint density at radius 2 is 2.14 bits per heavy atom. The SMILES string of the molecule is O=C(CN1CCNCC1=O)NCC(O)c1ccc(Cl)cc1. The average Bonchev–Trinajstić information content (AvgIpc) is 2.48. The summed E-state index contributed by atoms with van der Waals surface area (Å²) in [6.45, 7) is 1.59. The molecule has 0 bridgehead atoms. The van der Waals surface area contributed by atoms with Crippen molar-refractivity contribution in [1.29, 1.82) is 0 Å². The number of nitrogens with one attached hydrogen (secondary N) is 2. The highest BCUT2D eigenvalue weighted by Crippen LogP contribution is 2.15. The monoisotopic (exact) mass is 311 g/mol. The second-order valence-electron chi connectivity index (χ2n) is 4.86. The lowest BCUT2D eigenvalue weighted by molar-refractivity contribution is -0.136. The van der Waals surface area contributed by atoms with Gasteiger partial charge in [0.1, 0.15) is 0 Å². The Bertz CT molecular complexity index is 507. The number of aliphatic hydroxyl groups excluding tert-OH is 1. The third kappa shape index (κ3) is 4.70. The molecule has 21 heavy (non-hydrogen) atoms. The van der Waals surface area contributed by atoms with Crippen LogP contribution < -0.4 is 10.6 Å². The highest BCUT2D eigenvalue weighted by molar-refractivity contribution is 6.30. The third-order valence-electron chi connectivity index (χ3n) is 3.27. The number of aliphatic hydroxyl groups is 1. The van der Waals surface area contributed by atoms with E-state index in [9.17, 15) is 14.7 Å². The molecule has 2 amide bonds. The largest absolute Gasteiger partial charge is 0.387 e. The molecule has 0 saturated carbocycles. The average molecular weight is 312 g/mol. The van der Waals surface area contributed by atoms with Gasteiger partial charge in [-0.25, -0.2) is 0 Å². The minimum absolute atomic E-state index is 0.0217. The second-order valence-corrected chi connectivity index (χ2v) is 5.30. The van der Waals surface area contributed by atoms with E-state index in [1.54, 1.807) is 24.3 Å². The number of carbonyl (C=O) groups is 2. The Morgan fingerprint density at radius 1 is 1.43 bits per heavy atom. The molecule has 1 unspecified atom stereocenters. The van der Waals surface area contributed by atoms with Gasteiger partial charge in [0.2, 0.25) is 11.8 Å². The molecule has 7 heteroatoms. The molecule has 1 aromatic carbocycles. The van der Waals surface area contributed by atoms with E-state index in [0.29, 0.717) is 23.7 Å². The molecule has 1 aliphatic rings. The van der Waals surface area contributed by atoms with E-state index in [1.165, 1.54) is 4.90 Å². The van der Waals surface area contributed by atoms with E-state index in [2.05, 4.69) is 10.6 Å². The van der Waals surface area contributed by atoms with Gasteiger partial charge in [-0.05, 0) is 17.7 Å². The lowest BCUT2D eigenvalue weighted by Gasteiger charge is -2.26. The van der Waals surface area contributed by atoms with Crippen molar-refractivity contribution in [3.63, 3.8) is 0 Å². The number of amides is 2. The number of nitrogens with zero attached hydrogens (tertiary/aromatic N) is 1. The highest BCUT2D eigenvalue weighted by Gasteiger charge is 2.20. The normalized spacial score (nSPS) is 16.7. The number of hydrogen-bond donors (Lipinski definition) is 3. The van der Waals surface area contributed by atoms with E-state index in [4.69, 9.17) is 11.6 Å². The molecule has 6 nitrogen and oxygen atoms in total. The van der Waals surface area contributed by atoms with Crippen LogP contribution in [0, 0.1) is 0 Å². The van der Waals surface area contributed by atoms with E-state index in [-0.39, 0.29) is 31.4 Å². The summed E-state index contributed by atoms with van der Waals surface area (Å²) < 4.78 is 0. The van der Waals surface area contributed by atoms with E-state index in [1.807, 2.05) is 0 Å². The molecule has 1 saturated heterocycles. The number of rotatable bonds is 5. The standard InChI is InChI=1S/C14H18ClN3O3/c15-11-3-1-10(2-4-11)12(19)7-17-13(20)9-18-6-5-16-8-14(18)21/h1-4,12,16,19H,5-9H2,(H,17,20). The fourth-order valence-corrected chi connectivity index (χ4v) is 2.18. The molecule has 1 atom stereocenters. The van der Waals surface area contributed by atoms with Gasteiger partial charge in [-0.15, -0.1) is 0 Å². The van der Waals surface area contributed by atoms with E-state index in [0.717, 1.165) is 0 Å². The molecular formula is C14H18ClN3O3. The van der Waals surface area contributed by atoms with Gasteiger partial charge in [0.25, 0.3) is 0 Å². The minimum atomic E-state index is -0.801. The number of piperazine rings is 1. The molecule has 1 heterocycles. The van der Waals surface area contributed by atoms with Crippen LogP contribution in [0.25, 0.3) is 0 Å². The van der Waals surface area contributed by atoms with Crippen LogP contribution >= 0.6 is 11.6 Å². The summed E-state index contributed by atoms with van der Waals surface area (Å²) in [5, 5.41) is 16.1. The van der Waals surface area contributed by atoms with Gasteiger partial charge >= 0.3 is 0 Å². The van der Waals surface area contributed by atoms with E-state index >= 15 is 0 Å². The summed E-state index contributed by atoms with van der Waals surface area (Å²) in [7, 11) is 0. The summed E-state index contributed by atoms with van der Waals surface area (Å²) >= 11 is 5.77. The van der Waals surface area contributed by atoms with Crippen molar-refractivity contribution in [2.45, 2.75) is 6.10 Å². The number of carbonyl (C=O) groups excluding carboxylic acids is 2. The van der Waals surface area contributed by atoms with Crippen LogP contribution in [0.4, 0.5) is 0 Å². The van der Waals surface area contributed by atoms with Gasteiger partial charge in [-0.2, -0.15) is 0 Å². The van der Waals surface area contributed by atoms with Crippen LogP contribution in [0.15, 0.2) is 24.3 Å². The number of hydrogen-bond acceptors (Lipinski definition) is 4. The zero-order valence-corrected chi connectivity index (χ0v) is 12.3. The Morgan fingerprint density at radius 3 is 2.81 bits per heavy atom. The summed E-state index contributed by atoms with van der Waals surface area (Å²) in [6, 6.07) is 6.78. The molecule has 0 radical (unpaired) electrons. The van der Waals surface area contributed by atoms with Crippen molar-refractivity contribution in [2.75, 3.05) is 32.7 Å². The first-order valence-corrected chi connectivity index (χ1v) is 7.13. The maximum atomic E-state index is 11.8. The summed E-state index contributed by atoms with van der Waals surface area (Å²) in [5.41, 5.74) is 0.679. The summed E-state index contributed by atoms with van der Waals surface area (Å²) in [6.07, 6.45) is -0.801. The summed E-state index contributed by atoms with van der Waals surface area (Å²) in [5.74, 6) is -0.368. The van der Waals surface area contributed by atoms with Crippen molar-refractivity contribution in [3.05, 3.63) is 34.9 Å². The Labute approximate surface area is 128 Å². The third-order valence-corrected chi connectivity index (χ3v) is 3.52. The van der Waals surface area contributed by atoms with Gasteiger partial charge < -0.3 is 20.6 Å². The van der Waals surface area contributed by atoms with Gasteiger partial charge in [0.05, 0.1) is 19.2 Å². The summed E-state index contributed by atoms with van der Waals surface area (Å²) in [4.78, 5) is 24.8. The Balaban J connectivity index is 1.78. The van der Waals surface area contributed by atoms with E-state index < -0.39 is 6.10 Å². The van der Waals surface area contributed by atoms with Gasteiger partial charge in [-0.1, -0.05) is 23.7 Å². The lowest BCUT2D eigenvalue weighted by Crippen LogP contribution is -2.51. The molecule has 1 aromatic rings. The van der Waals surface area contributed by atoms with Crippen LogP contribution in [-0.4, -0.2) is 54.5 Å². The van der Waals surface area contributed by atoms with Crippen molar-refractivity contribution < 1.29 is 14.7 Å². The molecule has 0 aliphatic carbocycles. The lowest BCUT2D eigenvalue weighted by atomic mass is 10.1. The first kappa shape index (κ1) is 15.8. The molecule has 2 rings (SSSR count). The number of halogens is 1. The van der Waals surface area contributed by atoms with Crippen LogP contribution in [-0.2, 0) is 9.59 Å². The van der Waals surface area contributed by atoms with Crippen molar-refractivity contribution in [1.82, 2.24) is 15.5 Å². The molecular weight excluding hydrogens is 294 g/mol. The molecule has 114 valence electrons. The van der Waals surface area contributed by atoms with Gasteiger partial charge in [0.15, 0.2) is 0 Å². The maximum absolute atomic E-state index is 11.8. The smallest absolute Gasteiger partial charge is 0.239 e. The van der Waals surface area contributed by atoms with Crippen LogP contribution in [0.1, 0.15) is 11.7 Å². The first-order chi connectivity index (χ1) is 10.1. The topological polar surface area (TPSA) is 81.7 Å². The minimum Gasteiger partial charge on any atom is -0.387 e. The zero-order valence-electron chi connectivity index (χ0n) is 11.5. The van der Waals surface area contributed by atoms with Crippen LogP contribution in [0.2, 0.25) is 5.02 Å². The maximum Gasteiger partial charge on any atom is 0.239 e. The molecule has 0 aromatic heterocycles. The zero-order chi connectivity index (χ0) is 15.2. The molecule has 1 aliphatic heterocycles. The van der Waals surface area contributed by atoms with Crippen molar-refractivity contribution >= 4 is 23.4 Å². The first-order valence-electron chi connectivity index (χ1n) is 6.75. The van der Waals surface area contributed by atoms with Crippen molar-refractivity contribution in [3.8, 4) is 0 Å². The van der Waals surface area contributed by atoms with Gasteiger partial charge in [0, 0.05) is 24.7 Å². The number of benzene rings is 1. The highest BCUT2D eigenvalue weighted by atomic mass is 35.5. The molecule has 1 fully saturated rings. The molecule has 3 N–H and O–H groups in total. The fourth-order valence-electron chi connectivity index (χ4n) is 2.06. The predicted molar refractivity (Wildman–Crippen MR) is 78.9 cm³/mol. The fraction of sp³-hybridized carbons (Fsp3) is 0.429. The van der Waals surface area contributed by atoms with Crippen LogP contribution in [0.3, 0.4) is 0 Å². The predicted octanol–water partition coefficient (Wildman–Crippen LogP) is -0.0786. The molecule has 0 spiro atoms. The Hall–Kier alpha value is -1.63. The Kier molecular flexibility index (Phi) is 5.55. The van der Waals surface area contributed by atoms with Gasteiger partial charge in [-0.3, -0.25) is 9.59 Å².